The van der Waals surface area contributed by atoms with E-state index in [1.54, 1.807) is 42.5 Å². The van der Waals surface area contributed by atoms with Gasteiger partial charge in [-0.3, -0.25) is 9.59 Å². The third-order valence-electron chi connectivity index (χ3n) is 5.92. The van der Waals surface area contributed by atoms with Crippen molar-refractivity contribution in [1.29, 1.82) is 0 Å². The van der Waals surface area contributed by atoms with Gasteiger partial charge in [0.05, 0.1) is 32.6 Å². The smallest absolute Gasteiger partial charge is 0.258 e. The van der Waals surface area contributed by atoms with Crippen molar-refractivity contribution >= 4 is 11.8 Å². The second-order valence-electron chi connectivity index (χ2n) is 8.61. The lowest BCUT2D eigenvalue weighted by Crippen LogP contribution is -2.45. The van der Waals surface area contributed by atoms with Crippen LogP contribution in [-0.4, -0.2) is 55.2 Å². The molecule has 3 aromatic rings. The van der Waals surface area contributed by atoms with E-state index in [1.165, 1.54) is 12.0 Å². The van der Waals surface area contributed by atoms with Crippen molar-refractivity contribution in [3.63, 3.8) is 0 Å². The van der Waals surface area contributed by atoms with Crippen LogP contribution in [0.5, 0.6) is 23.0 Å². The number of hydrogen-bond donors (Lipinski definition) is 0. The number of nitrogens with zero attached hydrogens (tertiary/aromatic N) is 2. The van der Waals surface area contributed by atoms with Gasteiger partial charge in [-0.2, -0.15) is 0 Å². The van der Waals surface area contributed by atoms with Crippen LogP contribution in [0.1, 0.15) is 35.5 Å². The Morgan fingerprint density at radius 2 is 1.78 bits per heavy atom. The van der Waals surface area contributed by atoms with Crippen LogP contribution in [0.3, 0.4) is 0 Å². The summed E-state index contributed by atoms with van der Waals surface area (Å²) in [5.41, 5.74) is 1.23. The molecular formula is C27H30N2O7. The molecule has 1 aromatic heterocycles. The summed E-state index contributed by atoms with van der Waals surface area (Å²) < 4.78 is 27.0. The molecule has 0 atom stereocenters. The third kappa shape index (κ3) is 5.56. The lowest BCUT2D eigenvalue weighted by atomic mass is 10.1. The van der Waals surface area contributed by atoms with E-state index in [2.05, 4.69) is 0 Å². The molecule has 0 saturated heterocycles. The Morgan fingerprint density at radius 3 is 2.47 bits per heavy atom. The summed E-state index contributed by atoms with van der Waals surface area (Å²) in [6.45, 7) is 4.37. The molecule has 1 aliphatic rings. The van der Waals surface area contributed by atoms with E-state index >= 15 is 0 Å². The molecular weight excluding hydrogens is 464 g/mol. The van der Waals surface area contributed by atoms with Crippen molar-refractivity contribution in [3.8, 4) is 23.0 Å². The summed E-state index contributed by atoms with van der Waals surface area (Å²) in [5, 5.41) is 0. The van der Waals surface area contributed by atoms with Crippen LogP contribution in [0, 0.1) is 0 Å². The second-order valence-corrected chi connectivity index (χ2v) is 8.61. The zero-order valence-electron chi connectivity index (χ0n) is 20.9. The number of carbonyl (C=O) groups is 2. The Kier molecular flexibility index (Phi) is 7.68. The van der Waals surface area contributed by atoms with E-state index < -0.39 is 0 Å². The molecule has 9 heteroatoms. The van der Waals surface area contributed by atoms with E-state index in [0.29, 0.717) is 40.9 Å². The first-order chi connectivity index (χ1) is 17.4. The number of rotatable bonds is 10. The molecule has 2 amide bonds. The molecule has 1 aliphatic heterocycles. The zero-order valence-corrected chi connectivity index (χ0v) is 20.9. The number of methoxy groups -OCH3 is 2. The molecule has 0 aliphatic carbocycles. The van der Waals surface area contributed by atoms with Crippen molar-refractivity contribution in [2.24, 2.45) is 0 Å². The van der Waals surface area contributed by atoms with Crippen molar-refractivity contribution < 1.29 is 33.0 Å². The maximum Gasteiger partial charge on any atom is 0.258 e. The molecule has 0 fully saturated rings. The molecule has 0 spiro atoms. The van der Waals surface area contributed by atoms with Gasteiger partial charge >= 0.3 is 0 Å². The Bertz CT molecular complexity index is 1210. The zero-order chi connectivity index (χ0) is 25.7. The second kappa shape index (κ2) is 11.1. The van der Waals surface area contributed by atoms with Crippen molar-refractivity contribution in [2.75, 3.05) is 27.6 Å². The highest BCUT2D eigenvalue weighted by Gasteiger charge is 2.27. The van der Waals surface area contributed by atoms with Crippen molar-refractivity contribution in [1.82, 2.24) is 9.80 Å². The van der Waals surface area contributed by atoms with Gasteiger partial charge in [-0.25, -0.2) is 0 Å². The quantitative estimate of drug-likeness (QED) is 0.419. The summed E-state index contributed by atoms with van der Waals surface area (Å²) in [6, 6.07) is 13.9. The van der Waals surface area contributed by atoms with Crippen LogP contribution in [0.2, 0.25) is 0 Å². The Morgan fingerprint density at radius 1 is 0.972 bits per heavy atom. The van der Waals surface area contributed by atoms with Gasteiger partial charge in [0.15, 0.2) is 11.5 Å². The predicted octanol–water partition coefficient (Wildman–Crippen LogP) is 4.11. The topological polar surface area (TPSA) is 90.7 Å². The Hall–Kier alpha value is -4.14. The van der Waals surface area contributed by atoms with E-state index in [1.807, 2.05) is 38.1 Å². The predicted molar refractivity (Wildman–Crippen MR) is 131 cm³/mol. The number of benzene rings is 2. The van der Waals surface area contributed by atoms with E-state index in [4.69, 9.17) is 23.4 Å². The van der Waals surface area contributed by atoms with Crippen molar-refractivity contribution in [3.05, 3.63) is 71.7 Å². The van der Waals surface area contributed by atoms with E-state index in [-0.39, 0.29) is 37.7 Å². The Labute approximate surface area is 210 Å². The van der Waals surface area contributed by atoms with Gasteiger partial charge in [-0.15, -0.1) is 0 Å². The first-order valence-electron chi connectivity index (χ1n) is 11.6. The monoisotopic (exact) mass is 494 g/mol. The number of fused-ring (bicyclic) bond motifs is 1. The van der Waals surface area contributed by atoms with Gasteiger partial charge in [0.2, 0.25) is 12.7 Å². The fourth-order valence-electron chi connectivity index (χ4n) is 3.95. The van der Waals surface area contributed by atoms with Gasteiger partial charge in [0, 0.05) is 18.7 Å². The van der Waals surface area contributed by atoms with Gasteiger partial charge in [0.25, 0.3) is 5.91 Å². The fourth-order valence-corrected chi connectivity index (χ4v) is 3.95. The van der Waals surface area contributed by atoms with Gasteiger partial charge in [-0.1, -0.05) is 6.07 Å². The lowest BCUT2D eigenvalue weighted by molar-refractivity contribution is -0.133. The van der Waals surface area contributed by atoms with Crippen LogP contribution in [0.15, 0.2) is 59.2 Å². The number of furan rings is 1. The lowest BCUT2D eigenvalue weighted by Gasteiger charge is -2.30. The molecule has 190 valence electrons. The molecule has 9 nitrogen and oxygen atoms in total. The number of ether oxygens (including phenoxy) is 4. The standard InChI is InChI=1S/C27H30N2O7/c1-18(2)29(27(31)22-9-8-20(32-3)13-24(22)33-4)16-26(30)28(15-21-6-5-11-34-21)14-19-7-10-23-25(12-19)36-17-35-23/h5-13,18H,14-17H2,1-4H3. The summed E-state index contributed by atoms with van der Waals surface area (Å²) in [5.74, 6) is 2.38. The normalized spacial score (nSPS) is 11.9. The van der Waals surface area contributed by atoms with Crippen LogP contribution < -0.4 is 18.9 Å². The summed E-state index contributed by atoms with van der Waals surface area (Å²) >= 11 is 0. The average molecular weight is 495 g/mol. The maximum absolute atomic E-state index is 13.6. The van der Waals surface area contributed by atoms with Gasteiger partial charge < -0.3 is 33.2 Å². The van der Waals surface area contributed by atoms with Crippen LogP contribution >= 0.6 is 0 Å². The molecule has 0 radical (unpaired) electrons. The molecule has 0 bridgehead atoms. The van der Waals surface area contributed by atoms with Crippen LogP contribution in [0.25, 0.3) is 0 Å². The molecule has 4 rings (SSSR count). The number of hydrogen-bond acceptors (Lipinski definition) is 7. The highest BCUT2D eigenvalue weighted by molar-refractivity contribution is 5.99. The molecule has 2 heterocycles. The molecule has 0 saturated carbocycles. The van der Waals surface area contributed by atoms with Crippen molar-refractivity contribution in [2.45, 2.75) is 33.0 Å². The summed E-state index contributed by atoms with van der Waals surface area (Å²) in [7, 11) is 3.04. The van der Waals surface area contributed by atoms with Crippen LogP contribution in [0.4, 0.5) is 0 Å². The largest absolute Gasteiger partial charge is 0.497 e. The Balaban J connectivity index is 1.56. The molecule has 0 N–H and O–H groups in total. The van der Waals surface area contributed by atoms with E-state index in [0.717, 1.165) is 5.56 Å². The minimum absolute atomic E-state index is 0.114. The summed E-state index contributed by atoms with van der Waals surface area (Å²) in [6.07, 6.45) is 1.57. The molecule has 36 heavy (non-hydrogen) atoms. The third-order valence-corrected chi connectivity index (χ3v) is 5.92. The fraction of sp³-hybridized carbons (Fsp3) is 0.333. The van der Waals surface area contributed by atoms with Crippen LogP contribution in [-0.2, 0) is 17.9 Å². The number of amides is 2. The maximum atomic E-state index is 13.6. The first-order valence-corrected chi connectivity index (χ1v) is 11.6. The highest BCUT2D eigenvalue weighted by atomic mass is 16.7. The highest BCUT2D eigenvalue weighted by Crippen LogP contribution is 2.33. The molecule has 2 aromatic carbocycles. The SMILES string of the molecule is COc1ccc(C(=O)N(CC(=O)N(Cc2ccc3c(c2)OCO3)Cc2ccco2)C(C)C)c(OC)c1. The van der Waals surface area contributed by atoms with Gasteiger partial charge in [-0.05, 0) is 55.8 Å². The van der Waals surface area contributed by atoms with E-state index in [9.17, 15) is 9.59 Å². The first kappa shape index (κ1) is 25.0. The van der Waals surface area contributed by atoms with Gasteiger partial charge in [0.1, 0.15) is 23.8 Å². The summed E-state index contributed by atoms with van der Waals surface area (Å²) in [4.78, 5) is 30.3. The minimum atomic E-state index is -0.307. The molecule has 0 unspecified atom stereocenters. The number of carbonyl (C=O) groups excluding carboxylic acids is 2. The average Bonchev–Trinajstić information content (AvgIpc) is 3.57. The minimum Gasteiger partial charge on any atom is -0.497 e.